The van der Waals surface area contributed by atoms with Crippen LogP contribution in [0.3, 0.4) is 0 Å². The highest BCUT2D eigenvalue weighted by Gasteiger charge is 2.26. The van der Waals surface area contributed by atoms with Crippen molar-refractivity contribution in [3.63, 3.8) is 0 Å². The first-order valence-corrected chi connectivity index (χ1v) is 7.21. The van der Waals surface area contributed by atoms with Gasteiger partial charge < -0.3 is 10.4 Å². The molecule has 0 aromatic heterocycles. The maximum atomic E-state index is 11.0. The predicted molar refractivity (Wildman–Crippen MR) is 79.0 cm³/mol. The third-order valence-corrected chi connectivity index (χ3v) is 4.20. The fourth-order valence-corrected chi connectivity index (χ4v) is 2.98. The number of phenolic OH excluding ortho intramolecular Hbond substituents is 1. The highest BCUT2D eigenvalue weighted by atomic mass is 16.6. The number of benzene rings is 1. The summed E-state index contributed by atoms with van der Waals surface area (Å²) in [5.74, 6) is 1.25. The molecule has 2 N–H and O–H groups in total. The number of aromatic hydroxyl groups is 1. The van der Waals surface area contributed by atoms with Gasteiger partial charge in [0.25, 0.3) is 5.69 Å². The summed E-state index contributed by atoms with van der Waals surface area (Å²) in [7, 11) is 0. The molecule has 0 radical (unpaired) electrons. The van der Waals surface area contributed by atoms with Crippen molar-refractivity contribution in [3.05, 3.63) is 28.3 Å². The van der Waals surface area contributed by atoms with Crippen molar-refractivity contribution in [2.24, 2.45) is 11.8 Å². The molecule has 1 aromatic rings. The van der Waals surface area contributed by atoms with Gasteiger partial charge in [-0.2, -0.15) is 0 Å². The van der Waals surface area contributed by atoms with Crippen LogP contribution in [0.25, 0.3) is 0 Å². The van der Waals surface area contributed by atoms with E-state index < -0.39 is 4.92 Å². The van der Waals surface area contributed by atoms with Crippen molar-refractivity contribution < 1.29 is 10.0 Å². The normalized spacial score (nSPS) is 22.8. The number of nitro benzene ring substituents is 1. The van der Waals surface area contributed by atoms with Gasteiger partial charge in [-0.15, -0.1) is 0 Å². The van der Waals surface area contributed by atoms with Gasteiger partial charge in [-0.25, -0.2) is 0 Å². The zero-order valence-electron chi connectivity index (χ0n) is 12.0. The molecule has 0 bridgehead atoms. The number of nitro groups is 1. The van der Waals surface area contributed by atoms with E-state index in [1.54, 1.807) is 6.07 Å². The van der Waals surface area contributed by atoms with Crippen LogP contribution in [0.15, 0.2) is 18.2 Å². The molecule has 5 nitrogen and oxygen atoms in total. The van der Waals surface area contributed by atoms with Gasteiger partial charge in [-0.05, 0) is 36.8 Å². The molecule has 1 fully saturated rings. The molecule has 0 spiro atoms. The number of nitrogens with one attached hydrogen (secondary N) is 1. The summed E-state index contributed by atoms with van der Waals surface area (Å²) in [5, 5.41) is 23.7. The van der Waals surface area contributed by atoms with Crippen molar-refractivity contribution in [2.45, 2.75) is 45.6 Å². The molecule has 0 amide bonds. The Morgan fingerprint density at radius 2 is 2.15 bits per heavy atom. The molecule has 2 unspecified atom stereocenters. The van der Waals surface area contributed by atoms with Gasteiger partial charge in [0.15, 0.2) is 0 Å². The predicted octanol–water partition coefficient (Wildman–Crippen LogP) is 3.93. The van der Waals surface area contributed by atoms with E-state index in [0.29, 0.717) is 17.5 Å². The van der Waals surface area contributed by atoms with Crippen molar-refractivity contribution in [1.29, 1.82) is 0 Å². The first-order chi connectivity index (χ1) is 9.47. The SMILES string of the molecule is CC(C)C1CCCC(Nc2ccc(O)cc2[N+](=O)[O-])C1. The summed E-state index contributed by atoms with van der Waals surface area (Å²) in [6, 6.07) is 4.55. The molecule has 1 aliphatic carbocycles. The number of hydrogen-bond acceptors (Lipinski definition) is 4. The lowest BCUT2D eigenvalue weighted by Crippen LogP contribution is -2.29. The maximum absolute atomic E-state index is 11.0. The quantitative estimate of drug-likeness (QED) is 0.497. The Kier molecular flexibility index (Phi) is 4.47. The lowest BCUT2D eigenvalue weighted by molar-refractivity contribution is -0.384. The molecule has 2 atom stereocenters. The zero-order chi connectivity index (χ0) is 14.7. The number of nitrogens with zero attached hydrogens (tertiary/aromatic N) is 1. The van der Waals surface area contributed by atoms with E-state index in [4.69, 9.17) is 0 Å². The summed E-state index contributed by atoms with van der Waals surface area (Å²) >= 11 is 0. The first-order valence-electron chi connectivity index (χ1n) is 7.21. The Balaban J connectivity index is 2.11. The van der Waals surface area contributed by atoms with Crippen molar-refractivity contribution in [3.8, 4) is 5.75 Å². The molecule has 1 aliphatic rings. The largest absolute Gasteiger partial charge is 0.508 e. The molecule has 0 aliphatic heterocycles. The van der Waals surface area contributed by atoms with Gasteiger partial charge >= 0.3 is 0 Å². The molecule has 0 heterocycles. The van der Waals surface area contributed by atoms with E-state index in [1.165, 1.54) is 18.6 Å². The lowest BCUT2D eigenvalue weighted by Gasteiger charge is -2.32. The highest BCUT2D eigenvalue weighted by molar-refractivity contribution is 5.64. The van der Waals surface area contributed by atoms with Crippen LogP contribution < -0.4 is 5.32 Å². The van der Waals surface area contributed by atoms with Crippen LogP contribution in [0, 0.1) is 22.0 Å². The van der Waals surface area contributed by atoms with Crippen molar-refractivity contribution in [2.75, 3.05) is 5.32 Å². The van der Waals surface area contributed by atoms with Crippen LogP contribution in [-0.4, -0.2) is 16.1 Å². The van der Waals surface area contributed by atoms with Crippen LogP contribution in [-0.2, 0) is 0 Å². The van der Waals surface area contributed by atoms with Gasteiger partial charge in [0.05, 0.1) is 11.0 Å². The minimum absolute atomic E-state index is 0.0586. The number of rotatable bonds is 4. The first kappa shape index (κ1) is 14.6. The van der Waals surface area contributed by atoms with E-state index in [0.717, 1.165) is 19.3 Å². The summed E-state index contributed by atoms with van der Waals surface area (Å²) in [6.07, 6.45) is 4.50. The van der Waals surface area contributed by atoms with Crippen LogP contribution >= 0.6 is 0 Å². The smallest absolute Gasteiger partial charge is 0.296 e. The van der Waals surface area contributed by atoms with Gasteiger partial charge in [0.1, 0.15) is 11.4 Å². The number of hydrogen-bond donors (Lipinski definition) is 2. The van der Waals surface area contributed by atoms with Crippen molar-refractivity contribution >= 4 is 11.4 Å². The number of phenols is 1. The summed E-state index contributed by atoms with van der Waals surface area (Å²) in [6.45, 7) is 4.46. The van der Waals surface area contributed by atoms with E-state index in [-0.39, 0.29) is 17.5 Å². The van der Waals surface area contributed by atoms with Crippen LogP contribution in [0.2, 0.25) is 0 Å². The second-order valence-corrected chi connectivity index (χ2v) is 5.97. The molecule has 1 saturated carbocycles. The Hall–Kier alpha value is -1.78. The third kappa shape index (κ3) is 3.40. The molecule has 5 heteroatoms. The standard InChI is InChI=1S/C15H22N2O3/c1-10(2)11-4-3-5-12(8-11)16-14-7-6-13(18)9-15(14)17(19)20/h6-7,9-12,16,18H,3-5,8H2,1-2H3. The Bertz CT molecular complexity index is 488. The minimum atomic E-state index is -0.454. The molecule has 20 heavy (non-hydrogen) atoms. The van der Waals surface area contributed by atoms with Gasteiger partial charge in [-0.3, -0.25) is 10.1 Å². The minimum Gasteiger partial charge on any atom is -0.508 e. The Morgan fingerprint density at radius 3 is 2.80 bits per heavy atom. The van der Waals surface area contributed by atoms with Gasteiger partial charge in [0, 0.05) is 6.04 Å². The summed E-state index contributed by atoms with van der Waals surface area (Å²) < 4.78 is 0. The van der Waals surface area contributed by atoms with Gasteiger partial charge in [-0.1, -0.05) is 26.7 Å². The molecule has 1 aromatic carbocycles. The molecule has 110 valence electrons. The average Bonchev–Trinajstić information content (AvgIpc) is 2.41. The second kappa shape index (κ2) is 6.11. The van der Waals surface area contributed by atoms with Crippen LogP contribution in [0.5, 0.6) is 5.75 Å². The van der Waals surface area contributed by atoms with E-state index in [1.807, 2.05) is 0 Å². The van der Waals surface area contributed by atoms with Crippen LogP contribution in [0.4, 0.5) is 11.4 Å². The van der Waals surface area contributed by atoms with E-state index in [9.17, 15) is 15.2 Å². The summed E-state index contributed by atoms with van der Waals surface area (Å²) in [5.41, 5.74) is 0.443. The second-order valence-electron chi connectivity index (χ2n) is 5.97. The topological polar surface area (TPSA) is 75.4 Å². The molecule has 0 saturated heterocycles. The fourth-order valence-electron chi connectivity index (χ4n) is 2.98. The highest BCUT2D eigenvalue weighted by Crippen LogP contribution is 2.34. The monoisotopic (exact) mass is 278 g/mol. The maximum Gasteiger partial charge on any atom is 0.296 e. The number of anilines is 1. The lowest BCUT2D eigenvalue weighted by atomic mass is 9.79. The zero-order valence-corrected chi connectivity index (χ0v) is 12.0. The Morgan fingerprint density at radius 1 is 1.40 bits per heavy atom. The van der Waals surface area contributed by atoms with E-state index in [2.05, 4.69) is 19.2 Å². The third-order valence-electron chi connectivity index (χ3n) is 4.20. The molecule has 2 rings (SSSR count). The summed E-state index contributed by atoms with van der Waals surface area (Å²) in [4.78, 5) is 10.6. The molecular formula is C15H22N2O3. The van der Waals surface area contributed by atoms with Crippen molar-refractivity contribution in [1.82, 2.24) is 0 Å². The van der Waals surface area contributed by atoms with E-state index >= 15 is 0 Å². The van der Waals surface area contributed by atoms with Gasteiger partial charge in [0.2, 0.25) is 0 Å². The fraction of sp³-hybridized carbons (Fsp3) is 0.600. The Labute approximate surface area is 119 Å². The average molecular weight is 278 g/mol. The van der Waals surface area contributed by atoms with Crippen LogP contribution in [0.1, 0.15) is 39.5 Å². The molecular weight excluding hydrogens is 256 g/mol.